The predicted octanol–water partition coefficient (Wildman–Crippen LogP) is 4.06. The van der Waals surface area contributed by atoms with Gasteiger partial charge in [-0.05, 0) is 74.1 Å². The highest BCUT2D eigenvalue weighted by molar-refractivity contribution is 5.80. The van der Waals surface area contributed by atoms with E-state index in [-0.39, 0.29) is 5.56 Å². The zero-order valence-corrected chi connectivity index (χ0v) is 17.1. The van der Waals surface area contributed by atoms with Gasteiger partial charge < -0.3 is 4.98 Å². The van der Waals surface area contributed by atoms with Crippen LogP contribution in [-0.2, 0) is 5.54 Å². The number of pyridine rings is 1. The van der Waals surface area contributed by atoms with Gasteiger partial charge in [-0.15, -0.1) is 0 Å². The molecule has 0 bridgehead atoms. The van der Waals surface area contributed by atoms with Crippen LogP contribution < -0.4 is 5.56 Å². The first kappa shape index (κ1) is 18.8. The van der Waals surface area contributed by atoms with Crippen LogP contribution in [0.2, 0.25) is 0 Å². The summed E-state index contributed by atoms with van der Waals surface area (Å²) in [5.41, 5.74) is 3.88. The molecule has 1 aliphatic heterocycles. The number of rotatable bonds is 4. The van der Waals surface area contributed by atoms with Crippen LogP contribution in [0.5, 0.6) is 0 Å². The molecule has 4 heterocycles. The lowest BCUT2D eigenvalue weighted by Gasteiger charge is -2.44. The highest BCUT2D eigenvalue weighted by Gasteiger charge is 2.39. The molecule has 0 radical (unpaired) electrons. The average molecular weight is 399 g/mol. The van der Waals surface area contributed by atoms with E-state index in [1.54, 1.807) is 12.4 Å². The van der Waals surface area contributed by atoms with Crippen LogP contribution in [0.3, 0.4) is 0 Å². The fourth-order valence-corrected chi connectivity index (χ4v) is 4.64. The summed E-state index contributed by atoms with van der Waals surface area (Å²) in [6.45, 7) is 4.10. The number of nitrogens with zero attached hydrogens (tertiary/aromatic N) is 3. The van der Waals surface area contributed by atoms with Crippen molar-refractivity contribution < 1.29 is 0 Å². The summed E-state index contributed by atoms with van der Waals surface area (Å²) in [5, 5.41) is 8.23. The Morgan fingerprint density at radius 2 is 1.80 bits per heavy atom. The number of H-pyrrole nitrogens is 2. The largest absolute Gasteiger partial charge is 0.361 e. The summed E-state index contributed by atoms with van der Waals surface area (Å²) in [6, 6.07) is 14.3. The number of piperidine rings is 1. The van der Waals surface area contributed by atoms with Crippen molar-refractivity contribution >= 4 is 10.9 Å². The van der Waals surface area contributed by atoms with Gasteiger partial charge in [0.05, 0.1) is 11.2 Å². The van der Waals surface area contributed by atoms with Gasteiger partial charge in [0, 0.05) is 35.2 Å². The van der Waals surface area contributed by atoms with Crippen LogP contribution in [0.1, 0.15) is 37.3 Å². The lowest BCUT2D eigenvalue weighted by Crippen LogP contribution is -2.50. The SMILES string of the molecule is CC(c1ccc2cc[nH]c2c1)(c1cc(-c2ccncc2)n[nH]c1=O)N1CCCCC1. The predicted molar refractivity (Wildman–Crippen MR) is 118 cm³/mol. The van der Waals surface area contributed by atoms with E-state index in [2.05, 4.69) is 56.3 Å². The lowest BCUT2D eigenvalue weighted by molar-refractivity contribution is 0.110. The van der Waals surface area contributed by atoms with E-state index in [0.29, 0.717) is 0 Å². The smallest absolute Gasteiger partial charge is 0.269 e. The molecule has 0 amide bonds. The minimum Gasteiger partial charge on any atom is -0.361 e. The monoisotopic (exact) mass is 399 g/mol. The Balaban J connectivity index is 1.71. The van der Waals surface area contributed by atoms with E-state index >= 15 is 0 Å². The molecule has 0 aliphatic carbocycles. The van der Waals surface area contributed by atoms with E-state index in [9.17, 15) is 4.79 Å². The molecule has 0 saturated carbocycles. The molecule has 1 atom stereocenters. The van der Waals surface area contributed by atoms with Gasteiger partial charge in [-0.2, -0.15) is 5.10 Å². The van der Waals surface area contributed by atoms with Crippen molar-refractivity contribution in [3.05, 3.63) is 82.5 Å². The number of nitrogens with one attached hydrogen (secondary N) is 2. The fraction of sp³-hybridized carbons (Fsp3) is 0.292. The van der Waals surface area contributed by atoms with E-state index in [1.165, 1.54) is 11.8 Å². The molecule has 1 aliphatic rings. The highest BCUT2D eigenvalue weighted by Crippen LogP contribution is 2.38. The molecule has 3 aromatic heterocycles. The van der Waals surface area contributed by atoms with Crippen molar-refractivity contribution in [2.45, 2.75) is 31.7 Å². The summed E-state index contributed by atoms with van der Waals surface area (Å²) in [4.78, 5) is 23.0. The number of aromatic amines is 2. The van der Waals surface area contributed by atoms with Crippen molar-refractivity contribution in [3.63, 3.8) is 0 Å². The Morgan fingerprint density at radius 1 is 1.00 bits per heavy atom. The van der Waals surface area contributed by atoms with Gasteiger partial charge in [0.2, 0.25) is 0 Å². The first-order valence-corrected chi connectivity index (χ1v) is 10.5. The first-order chi connectivity index (χ1) is 14.7. The second-order valence-electron chi connectivity index (χ2n) is 8.13. The van der Waals surface area contributed by atoms with E-state index in [0.717, 1.165) is 53.8 Å². The number of fused-ring (bicyclic) bond motifs is 1. The van der Waals surface area contributed by atoms with Gasteiger partial charge in [0.1, 0.15) is 0 Å². The van der Waals surface area contributed by atoms with E-state index in [4.69, 9.17) is 0 Å². The van der Waals surface area contributed by atoms with Gasteiger partial charge in [0.25, 0.3) is 5.56 Å². The number of hydrogen-bond acceptors (Lipinski definition) is 4. The summed E-state index contributed by atoms with van der Waals surface area (Å²) >= 11 is 0. The average Bonchev–Trinajstić information content (AvgIpc) is 3.28. The molecule has 2 N–H and O–H groups in total. The van der Waals surface area contributed by atoms with Crippen molar-refractivity contribution in [2.75, 3.05) is 13.1 Å². The van der Waals surface area contributed by atoms with Crippen molar-refractivity contribution in [3.8, 4) is 11.3 Å². The molecule has 6 heteroatoms. The van der Waals surface area contributed by atoms with Crippen molar-refractivity contribution in [1.29, 1.82) is 0 Å². The zero-order chi connectivity index (χ0) is 20.6. The summed E-state index contributed by atoms with van der Waals surface area (Å²) in [5.74, 6) is 0. The van der Waals surface area contributed by atoms with Crippen LogP contribution in [0.15, 0.2) is 65.8 Å². The molecule has 6 nitrogen and oxygen atoms in total. The van der Waals surface area contributed by atoms with Crippen LogP contribution in [-0.4, -0.2) is 38.2 Å². The molecule has 1 unspecified atom stereocenters. The number of hydrogen-bond donors (Lipinski definition) is 2. The van der Waals surface area contributed by atoms with Gasteiger partial charge in [0.15, 0.2) is 0 Å². The summed E-state index contributed by atoms with van der Waals surface area (Å²) in [7, 11) is 0. The topological polar surface area (TPSA) is 77.7 Å². The fourth-order valence-electron chi connectivity index (χ4n) is 4.64. The molecular weight excluding hydrogens is 374 g/mol. The summed E-state index contributed by atoms with van der Waals surface area (Å²) < 4.78 is 0. The van der Waals surface area contributed by atoms with Crippen LogP contribution in [0.4, 0.5) is 0 Å². The normalized spacial score (nSPS) is 17.1. The molecule has 1 fully saturated rings. The Labute approximate surface area is 175 Å². The third kappa shape index (κ3) is 3.13. The van der Waals surface area contributed by atoms with Gasteiger partial charge in [-0.25, -0.2) is 5.10 Å². The minimum absolute atomic E-state index is 0.146. The Kier molecular flexibility index (Phi) is 4.71. The second kappa shape index (κ2) is 7.54. The van der Waals surface area contributed by atoms with Crippen molar-refractivity contribution in [2.24, 2.45) is 0 Å². The van der Waals surface area contributed by atoms with E-state index < -0.39 is 5.54 Å². The summed E-state index contributed by atoms with van der Waals surface area (Å²) in [6.07, 6.45) is 8.95. The molecule has 30 heavy (non-hydrogen) atoms. The van der Waals surface area contributed by atoms with E-state index in [1.807, 2.05) is 24.4 Å². The molecule has 5 rings (SSSR count). The standard InChI is InChI=1S/C24H25N5O/c1-24(29-13-3-2-4-14-29,19-6-5-17-9-12-26-21(17)15-19)20-16-22(27-28-23(20)30)18-7-10-25-11-8-18/h5-12,15-16,26H,2-4,13-14H2,1H3,(H,28,30). The Hall–Kier alpha value is -3.25. The van der Waals surface area contributed by atoms with Crippen molar-refractivity contribution in [1.82, 2.24) is 25.1 Å². The maximum Gasteiger partial charge on any atom is 0.269 e. The molecule has 1 aromatic carbocycles. The third-order valence-electron chi connectivity index (χ3n) is 6.41. The zero-order valence-electron chi connectivity index (χ0n) is 17.1. The maximum atomic E-state index is 13.1. The highest BCUT2D eigenvalue weighted by atomic mass is 16.1. The first-order valence-electron chi connectivity index (χ1n) is 10.5. The Bertz CT molecular complexity index is 1220. The number of likely N-dealkylation sites (tertiary alicyclic amines) is 1. The molecular formula is C24H25N5O. The third-order valence-corrected chi connectivity index (χ3v) is 6.41. The van der Waals surface area contributed by atoms with Crippen LogP contribution in [0, 0.1) is 0 Å². The Morgan fingerprint density at radius 3 is 2.60 bits per heavy atom. The van der Waals surface area contributed by atoms with Crippen LogP contribution in [0.25, 0.3) is 22.2 Å². The minimum atomic E-state index is -0.558. The number of aromatic nitrogens is 4. The quantitative estimate of drug-likeness (QED) is 0.542. The van der Waals surface area contributed by atoms with Gasteiger partial charge in [-0.1, -0.05) is 18.6 Å². The number of benzene rings is 1. The maximum absolute atomic E-state index is 13.1. The molecule has 0 spiro atoms. The molecule has 152 valence electrons. The lowest BCUT2D eigenvalue weighted by atomic mass is 9.81. The van der Waals surface area contributed by atoms with Gasteiger partial charge in [-0.3, -0.25) is 14.7 Å². The van der Waals surface area contributed by atoms with Crippen LogP contribution >= 0.6 is 0 Å². The molecule has 4 aromatic rings. The molecule has 1 saturated heterocycles. The second-order valence-corrected chi connectivity index (χ2v) is 8.13. The van der Waals surface area contributed by atoms with Gasteiger partial charge >= 0.3 is 0 Å².